The number of hydrogen-bond donors (Lipinski definition) is 1. The maximum Gasteiger partial charge on any atom is 0.495 e. The molecule has 1 aromatic rings. The Labute approximate surface area is 130 Å². The van der Waals surface area contributed by atoms with Crippen LogP contribution in [0.4, 0.5) is 9.18 Å². The average molecular weight is 309 g/mol. The molecule has 22 heavy (non-hydrogen) atoms. The lowest BCUT2D eigenvalue weighted by Gasteiger charge is -2.32. The molecular formula is C15H21BFNO4. The van der Waals surface area contributed by atoms with E-state index in [9.17, 15) is 9.18 Å². The second kappa shape index (κ2) is 5.55. The Morgan fingerprint density at radius 1 is 1.27 bits per heavy atom. The first-order valence-corrected chi connectivity index (χ1v) is 7.12. The summed E-state index contributed by atoms with van der Waals surface area (Å²) in [6.45, 7) is 7.58. The van der Waals surface area contributed by atoms with Crippen LogP contribution in [0.15, 0.2) is 18.2 Å². The molecule has 120 valence electrons. The van der Waals surface area contributed by atoms with Crippen molar-refractivity contribution in [1.29, 1.82) is 0 Å². The Morgan fingerprint density at radius 2 is 1.82 bits per heavy atom. The van der Waals surface area contributed by atoms with Crippen molar-refractivity contribution in [1.82, 2.24) is 4.90 Å². The van der Waals surface area contributed by atoms with Gasteiger partial charge in [0.2, 0.25) is 0 Å². The van der Waals surface area contributed by atoms with Gasteiger partial charge in [0.1, 0.15) is 5.82 Å². The lowest BCUT2D eigenvalue weighted by Crippen LogP contribution is -2.41. The fraction of sp³-hybridized carbons (Fsp3) is 0.533. The minimum atomic E-state index is -1.12. The molecule has 0 unspecified atom stereocenters. The highest BCUT2D eigenvalue weighted by Crippen LogP contribution is 2.36. The molecular weight excluding hydrogens is 288 g/mol. The van der Waals surface area contributed by atoms with Crippen LogP contribution >= 0.6 is 0 Å². The van der Waals surface area contributed by atoms with Gasteiger partial charge in [0.05, 0.1) is 17.7 Å². The molecule has 0 spiro atoms. The van der Waals surface area contributed by atoms with Crippen LogP contribution in [0.1, 0.15) is 33.3 Å². The topological polar surface area (TPSA) is 59.0 Å². The normalized spacial score (nSPS) is 19.3. The summed E-state index contributed by atoms with van der Waals surface area (Å²) in [7, 11) is 0.667. The molecule has 0 aromatic heterocycles. The molecule has 2 rings (SSSR count). The molecule has 1 saturated heterocycles. The number of benzene rings is 1. The van der Waals surface area contributed by atoms with E-state index in [1.54, 1.807) is 12.1 Å². The van der Waals surface area contributed by atoms with Crippen LogP contribution in [-0.4, -0.2) is 41.5 Å². The van der Waals surface area contributed by atoms with E-state index in [0.29, 0.717) is 5.46 Å². The van der Waals surface area contributed by atoms with Gasteiger partial charge in [-0.2, -0.15) is 0 Å². The Hall–Kier alpha value is -1.60. The molecule has 0 radical (unpaired) electrons. The van der Waals surface area contributed by atoms with Crippen LogP contribution in [0.25, 0.3) is 0 Å². The van der Waals surface area contributed by atoms with E-state index in [1.807, 2.05) is 27.7 Å². The quantitative estimate of drug-likeness (QED) is 0.870. The maximum absolute atomic E-state index is 14.2. The molecule has 1 heterocycles. The summed E-state index contributed by atoms with van der Waals surface area (Å²) in [5.74, 6) is -0.472. The molecule has 1 aromatic carbocycles. The summed E-state index contributed by atoms with van der Waals surface area (Å²) in [5, 5.41) is 9.00. The highest BCUT2D eigenvalue weighted by atomic mass is 19.1. The summed E-state index contributed by atoms with van der Waals surface area (Å²) in [6, 6.07) is 4.58. The summed E-state index contributed by atoms with van der Waals surface area (Å²) in [5.41, 5.74) is -0.294. The van der Waals surface area contributed by atoms with Gasteiger partial charge in [-0.15, -0.1) is 0 Å². The van der Waals surface area contributed by atoms with Gasteiger partial charge in [0.25, 0.3) is 0 Å². The van der Waals surface area contributed by atoms with Gasteiger partial charge in [0.15, 0.2) is 0 Å². The van der Waals surface area contributed by atoms with Gasteiger partial charge < -0.3 is 19.3 Å². The third kappa shape index (κ3) is 2.96. The fourth-order valence-corrected chi connectivity index (χ4v) is 2.24. The predicted octanol–water partition coefficient (Wildman–Crippen LogP) is 2.23. The third-order valence-electron chi connectivity index (χ3n) is 4.38. The van der Waals surface area contributed by atoms with E-state index in [2.05, 4.69) is 0 Å². The Bertz CT molecular complexity index is 575. The lowest BCUT2D eigenvalue weighted by atomic mass is 9.75. The van der Waals surface area contributed by atoms with Gasteiger partial charge in [-0.05, 0) is 39.2 Å². The predicted molar refractivity (Wildman–Crippen MR) is 81.6 cm³/mol. The summed E-state index contributed by atoms with van der Waals surface area (Å²) >= 11 is 0. The van der Waals surface area contributed by atoms with Crippen molar-refractivity contribution in [2.45, 2.75) is 45.4 Å². The first-order chi connectivity index (χ1) is 10.0. The van der Waals surface area contributed by atoms with Gasteiger partial charge in [-0.25, -0.2) is 9.18 Å². The van der Waals surface area contributed by atoms with Crippen LogP contribution in [0, 0.1) is 5.82 Å². The monoisotopic (exact) mass is 309 g/mol. The molecule has 7 heteroatoms. The third-order valence-corrected chi connectivity index (χ3v) is 4.38. The number of rotatable bonds is 3. The Kier molecular flexibility index (Phi) is 4.23. The summed E-state index contributed by atoms with van der Waals surface area (Å²) in [6.07, 6.45) is -1.12. The molecule has 0 bridgehead atoms. The molecule has 1 aliphatic heterocycles. The molecule has 1 fully saturated rings. The largest absolute Gasteiger partial charge is 0.495 e. The standard InChI is InChI=1S/C15H21BFNO4/c1-14(2)15(3,4)22-16(21-14)11-7-6-8-12(17)10(11)9-18(5)13(19)20/h6-8H,9H2,1-5H3,(H,19,20). The minimum Gasteiger partial charge on any atom is -0.465 e. The van der Waals surface area contributed by atoms with Crippen LogP contribution in [-0.2, 0) is 15.9 Å². The van der Waals surface area contributed by atoms with Gasteiger partial charge in [-0.1, -0.05) is 12.1 Å². The van der Waals surface area contributed by atoms with Crippen molar-refractivity contribution in [3.05, 3.63) is 29.6 Å². The van der Waals surface area contributed by atoms with Gasteiger partial charge in [0, 0.05) is 12.6 Å². The number of halogens is 1. The number of carboxylic acid groups (broad SMARTS) is 1. The highest BCUT2D eigenvalue weighted by Gasteiger charge is 2.52. The first kappa shape index (κ1) is 16.8. The smallest absolute Gasteiger partial charge is 0.465 e. The molecule has 1 aliphatic rings. The van der Waals surface area contributed by atoms with Crippen molar-refractivity contribution < 1.29 is 23.6 Å². The second-order valence-electron chi connectivity index (χ2n) is 6.53. The minimum absolute atomic E-state index is 0.0680. The van der Waals surface area contributed by atoms with Crippen LogP contribution in [0.3, 0.4) is 0 Å². The number of nitrogens with zero attached hydrogens (tertiary/aromatic N) is 1. The Morgan fingerprint density at radius 3 is 2.32 bits per heavy atom. The number of carbonyl (C=O) groups is 1. The SMILES string of the molecule is CN(Cc1c(F)cccc1B1OC(C)(C)C(C)(C)O1)C(=O)O. The van der Waals surface area contributed by atoms with E-state index in [0.717, 1.165) is 4.90 Å². The van der Waals surface area contributed by atoms with Crippen LogP contribution in [0.5, 0.6) is 0 Å². The van der Waals surface area contributed by atoms with Crippen LogP contribution in [0.2, 0.25) is 0 Å². The molecule has 0 aliphatic carbocycles. The summed E-state index contributed by atoms with van der Waals surface area (Å²) < 4.78 is 26.0. The number of hydrogen-bond acceptors (Lipinski definition) is 3. The van der Waals surface area contributed by atoms with Gasteiger partial charge in [-0.3, -0.25) is 0 Å². The first-order valence-electron chi connectivity index (χ1n) is 7.12. The van der Waals surface area contributed by atoms with Crippen molar-refractivity contribution in [2.24, 2.45) is 0 Å². The van der Waals surface area contributed by atoms with E-state index in [-0.39, 0.29) is 12.1 Å². The maximum atomic E-state index is 14.2. The fourth-order valence-electron chi connectivity index (χ4n) is 2.24. The van der Waals surface area contributed by atoms with E-state index >= 15 is 0 Å². The zero-order valence-electron chi connectivity index (χ0n) is 13.5. The highest BCUT2D eigenvalue weighted by molar-refractivity contribution is 6.62. The summed E-state index contributed by atoms with van der Waals surface area (Å²) in [4.78, 5) is 12.0. The van der Waals surface area contributed by atoms with E-state index < -0.39 is 30.2 Å². The lowest BCUT2D eigenvalue weighted by molar-refractivity contribution is 0.00578. The Balaban J connectivity index is 2.37. The molecule has 1 N–H and O–H groups in total. The van der Waals surface area contributed by atoms with E-state index in [4.69, 9.17) is 14.4 Å². The van der Waals surface area contributed by atoms with Crippen molar-refractivity contribution in [3.63, 3.8) is 0 Å². The number of amides is 1. The van der Waals surface area contributed by atoms with Crippen molar-refractivity contribution in [2.75, 3.05) is 7.05 Å². The molecule has 5 nitrogen and oxygen atoms in total. The zero-order chi connectivity index (χ0) is 16.7. The van der Waals surface area contributed by atoms with E-state index in [1.165, 1.54) is 13.1 Å². The average Bonchev–Trinajstić information content (AvgIpc) is 2.60. The van der Waals surface area contributed by atoms with Crippen molar-refractivity contribution >= 4 is 18.7 Å². The molecule has 0 atom stereocenters. The van der Waals surface area contributed by atoms with Crippen LogP contribution < -0.4 is 5.46 Å². The molecule has 0 saturated carbocycles. The zero-order valence-corrected chi connectivity index (χ0v) is 13.5. The second-order valence-corrected chi connectivity index (χ2v) is 6.53. The molecule has 1 amide bonds. The van der Waals surface area contributed by atoms with Crippen molar-refractivity contribution in [3.8, 4) is 0 Å². The van der Waals surface area contributed by atoms with Gasteiger partial charge >= 0.3 is 13.2 Å².